The summed E-state index contributed by atoms with van der Waals surface area (Å²) < 4.78 is 58.7. The summed E-state index contributed by atoms with van der Waals surface area (Å²) in [5, 5.41) is 5.07. The second-order valence-corrected chi connectivity index (χ2v) is 22.5. The molecule has 1 aromatic rings. The molecule has 4 aliphatic carbocycles. The van der Waals surface area contributed by atoms with E-state index in [4.69, 9.17) is 0 Å². The molecule has 0 aromatic heterocycles. The monoisotopic (exact) mass is 946 g/mol. The molecule has 2 heterocycles. The zero-order valence-corrected chi connectivity index (χ0v) is 38.8. The standard InChI is InChI=1S/C46H54N6O12S2/c1-43(2)33-13-17-45(43,27-65(61,62)49-21-19-47-35(53)15-23-51-37(55)9-10-38(51)56)41(59)31(33)25-29-5-7-30(8-6-29)26-32-34-14-18-46(42(32)60,44(34,3)4)28-66(63,64)50-22-20-48-36(54)16-24-52-39(57)11-12-40(52)58/h5-12,15,23,25-26,33-34,49-50H,13-14,16-22,24,27-28H2,1-4H3,(H,47,53)(H,48,54)/b23-15?,31-25-,32-26-. The quantitative estimate of drug-likeness (QED) is 0.0870. The summed E-state index contributed by atoms with van der Waals surface area (Å²) >= 11 is 0. The molecule has 4 fully saturated rings. The number of nitrogens with zero attached hydrogens (tertiary/aromatic N) is 2. The molecule has 6 aliphatic rings. The number of hydrogen-bond acceptors (Lipinski definition) is 12. The minimum atomic E-state index is -3.99. The molecule has 352 valence electrons. The highest BCUT2D eigenvalue weighted by molar-refractivity contribution is 7.89. The van der Waals surface area contributed by atoms with Crippen LogP contribution in [0.1, 0.15) is 70.9 Å². The fourth-order valence-electron chi connectivity index (χ4n) is 10.9. The van der Waals surface area contributed by atoms with Gasteiger partial charge in [-0.05, 0) is 71.6 Å². The maximum atomic E-state index is 14.2. The lowest BCUT2D eigenvalue weighted by Crippen LogP contribution is -2.46. The van der Waals surface area contributed by atoms with Crippen LogP contribution < -0.4 is 20.1 Å². The van der Waals surface area contributed by atoms with Crippen molar-refractivity contribution < 1.29 is 55.2 Å². The van der Waals surface area contributed by atoms with Crippen LogP contribution in [-0.2, 0) is 58.4 Å². The Bertz CT molecular complexity index is 2650. The van der Waals surface area contributed by atoms with E-state index >= 15 is 0 Å². The van der Waals surface area contributed by atoms with Crippen molar-refractivity contribution in [1.29, 1.82) is 0 Å². The molecule has 18 nitrogen and oxygen atoms in total. The number of sulfonamides is 2. The van der Waals surface area contributed by atoms with Gasteiger partial charge in [-0.15, -0.1) is 0 Å². The normalized spacial score (nSPS) is 27.6. The van der Waals surface area contributed by atoms with Gasteiger partial charge in [0.05, 0.1) is 22.3 Å². The molecule has 4 N–H and O–H groups in total. The minimum Gasteiger partial charge on any atom is -0.355 e. The average molecular weight is 947 g/mol. The topological polar surface area (TPSA) is 259 Å². The maximum absolute atomic E-state index is 14.2. The molecule has 7 rings (SSSR count). The van der Waals surface area contributed by atoms with Crippen molar-refractivity contribution in [2.75, 3.05) is 44.2 Å². The first-order valence-electron chi connectivity index (χ1n) is 21.8. The summed E-state index contributed by atoms with van der Waals surface area (Å²) in [6.07, 6.45) is 12.0. The molecule has 4 unspecified atom stereocenters. The van der Waals surface area contributed by atoms with Crippen LogP contribution in [-0.4, -0.2) is 118 Å². The zero-order chi connectivity index (χ0) is 48.0. The molecular weight excluding hydrogens is 893 g/mol. The first kappa shape index (κ1) is 48.2. The lowest BCUT2D eigenvalue weighted by Gasteiger charge is -2.35. The molecule has 6 amide bonds. The van der Waals surface area contributed by atoms with E-state index in [0.717, 1.165) is 57.5 Å². The summed E-state index contributed by atoms with van der Waals surface area (Å²) in [4.78, 5) is 101. The number of ketones is 2. The van der Waals surface area contributed by atoms with Crippen LogP contribution in [0.15, 0.2) is 72.0 Å². The van der Waals surface area contributed by atoms with Gasteiger partial charge in [0.25, 0.3) is 23.6 Å². The van der Waals surface area contributed by atoms with Crippen LogP contribution in [0.4, 0.5) is 0 Å². The van der Waals surface area contributed by atoms with Gasteiger partial charge in [0.2, 0.25) is 31.9 Å². The largest absolute Gasteiger partial charge is 0.355 e. The van der Waals surface area contributed by atoms with Crippen LogP contribution in [0.3, 0.4) is 0 Å². The van der Waals surface area contributed by atoms with Gasteiger partial charge in [0, 0.05) is 86.9 Å². The zero-order valence-electron chi connectivity index (χ0n) is 37.2. The molecule has 4 saturated carbocycles. The number of imide groups is 2. The van der Waals surface area contributed by atoms with E-state index in [1.54, 1.807) is 12.2 Å². The summed E-state index contributed by atoms with van der Waals surface area (Å²) in [7, 11) is -7.96. The fourth-order valence-corrected chi connectivity index (χ4v) is 14.5. The predicted octanol–water partition coefficient (Wildman–Crippen LogP) is 1.29. The van der Waals surface area contributed by atoms with Crippen molar-refractivity contribution in [2.24, 2.45) is 33.5 Å². The number of fused-ring (bicyclic) bond motifs is 4. The SMILES string of the molecule is CC1(C)C2CCC1(CS(=O)(=O)NCCNC(=O)C=CN1C(=O)C=CC1=O)C(=O)/C2=C\c1ccc(/C=C2\C(=O)C3(CS(=O)(=O)NCCNC(=O)CCN4C(=O)C=CC4=O)CCC2C3(C)C)cc1. The van der Waals surface area contributed by atoms with Gasteiger partial charge in [-0.1, -0.05) is 52.0 Å². The Hall–Kier alpha value is -5.70. The van der Waals surface area contributed by atoms with Crippen molar-refractivity contribution in [3.05, 3.63) is 83.1 Å². The molecule has 4 atom stereocenters. The van der Waals surface area contributed by atoms with Crippen molar-refractivity contribution in [3.8, 4) is 0 Å². The summed E-state index contributed by atoms with van der Waals surface area (Å²) in [6.45, 7) is 7.21. The third-order valence-electron chi connectivity index (χ3n) is 14.7. The van der Waals surface area contributed by atoms with Gasteiger partial charge in [0.1, 0.15) is 0 Å². The highest BCUT2D eigenvalue weighted by atomic mass is 32.2. The second kappa shape index (κ2) is 17.8. The highest BCUT2D eigenvalue weighted by Gasteiger charge is 2.69. The maximum Gasteiger partial charge on any atom is 0.257 e. The average Bonchev–Trinajstić information content (AvgIpc) is 3.97. The number of carbonyl (C=O) groups excluding carboxylic acids is 8. The number of hydrogen-bond donors (Lipinski definition) is 4. The first-order valence-corrected chi connectivity index (χ1v) is 25.1. The van der Waals surface area contributed by atoms with Crippen LogP contribution in [0.2, 0.25) is 0 Å². The highest BCUT2D eigenvalue weighted by Crippen LogP contribution is 2.67. The van der Waals surface area contributed by atoms with Gasteiger partial charge >= 0.3 is 0 Å². The van der Waals surface area contributed by atoms with E-state index in [2.05, 4.69) is 20.1 Å². The molecule has 4 bridgehead atoms. The Balaban J connectivity index is 0.940. The Morgan fingerprint density at radius 1 is 0.636 bits per heavy atom. The summed E-state index contributed by atoms with van der Waals surface area (Å²) in [5.41, 5.74) is -1.12. The van der Waals surface area contributed by atoms with Crippen LogP contribution in [0.25, 0.3) is 12.2 Å². The Morgan fingerprint density at radius 2 is 1.06 bits per heavy atom. The third kappa shape index (κ3) is 8.94. The van der Waals surface area contributed by atoms with E-state index < -0.39 is 88.7 Å². The van der Waals surface area contributed by atoms with Crippen molar-refractivity contribution in [2.45, 2.75) is 59.8 Å². The second-order valence-electron chi connectivity index (χ2n) is 18.9. The lowest BCUT2D eigenvalue weighted by atomic mass is 9.70. The van der Waals surface area contributed by atoms with Crippen LogP contribution >= 0.6 is 0 Å². The summed E-state index contributed by atoms with van der Waals surface area (Å²) in [6, 6.07) is 7.30. The Kier molecular flexibility index (Phi) is 13.0. The van der Waals surface area contributed by atoms with Crippen molar-refractivity contribution in [3.63, 3.8) is 0 Å². The number of benzene rings is 1. The van der Waals surface area contributed by atoms with Gasteiger partial charge in [-0.3, -0.25) is 48.2 Å². The first-order chi connectivity index (χ1) is 30.9. The van der Waals surface area contributed by atoms with Gasteiger partial charge < -0.3 is 10.6 Å². The molecular formula is C46H54N6O12S2. The number of amides is 6. The van der Waals surface area contributed by atoms with E-state index in [9.17, 15) is 55.2 Å². The number of Topliss-reactive ketones (excluding diaryl/α,β-unsaturated/α-hetero) is 2. The fraction of sp³-hybridized carbons (Fsp3) is 0.478. The smallest absolute Gasteiger partial charge is 0.257 e. The van der Waals surface area contributed by atoms with Crippen LogP contribution in [0, 0.1) is 33.5 Å². The molecule has 1 aromatic carbocycles. The molecule has 0 spiro atoms. The van der Waals surface area contributed by atoms with E-state index in [-0.39, 0.29) is 62.5 Å². The van der Waals surface area contributed by atoms with Gasteiger partial charge in [-0.2, -0.15) is 0 Å². The van der Waals surface area contributed by atoms with E-state index in [1.807, 2.05) is 52.0 Å². The molecule has 2 aliphatic heterocycles. The van der Waals surface area contributed by atoms with Gasteiger partial charge in [-0.25, -0.2) is 26.3 Å². The minimum absolute atomic E-state index is 0.0320. The molecule has 20 heteroatoms. The summed E-state index contributed by atoms with van der Waals surface area (Å²) in [5.74, 6) is -4.91. The molecule has 0 radical (unpaired) electrons. The number of nitrogens with one attached hydrogen (secondary N) is 4. The van der Waals surface area contributed by atoms with Crippen molar-refractivity contribution in [1.82, 2.24) is 29.9 Å². The molecule has 66 heavy (non-hydrogen) atoms. The Morgan fingerprint density at radius 3 is 1.52 bits per heavy atom. The molecule has 0 saturated heterocycles. The van der Waals surface area contributed by atoms with Gasteiger partial charge in [0.15, 0.2) is 11.6 Å². The van der Waals surface area contributed by atoms with E-state index in [0.29, 0.717) is 36.8 Å². The lowest BCUT2D eigenvalue weighted by molar-refractivity contribution is -0.138. The third-order valence-corrected chi connectivity index (χ3v) is 17.8. The Labute approximate surface area is 383 Å². The van der Waals surface area contributed by atoms with Crippen molar-refractivity contribution >= 4 is 79.2 Å². The number of rotatable bonds is 19. The number of carbonyl (C=O) groups is 8. The van der Waals surface area contributed by atoms with Crippen LogP contribution in [0.5, 0.6) is 0 Å². The number of allylic oxidation sites excluding steroid dienone is 2. The predicted molar refractivity (Wildman–Crippen MR) is 240 cm³/mol. The van der Waals surface area contributed by atoms with E-state index in [1.165, 1.54) is 0 Å².